The minimum atomic E-state index is -0.687. The zero-order chi connectivity index (χ0) is 8.10. The lowest BCUT2D eigenvalue weighted by atomic mass is 10.5. The van der Waals surface area contributed by atoms with Crippen LogP contribution in [-0.4, -0.2) is 35.2 Å². The van der Waals surface area contributed by atoms with Crippen molar-refractivity contribution in [3.8, 4) is 0 Å². The normalized spacial score (nSPS) is 33.2. The highest BCUT2D eigenvalue weighted by atomic mass is 32.2. The third-order valence-corrected chi connectivity index (χ3v) is 2.86. The lowest BCUT2D eigenvalue weighted by Gasteiger charge is -2.13. The van der Waals surface area contributed by atoms with Gasteiger partial charge in [-0.1, -0.05) is 0 Å². The van der Waals surface area contributed by atoms with E-state index in [0.717, 1.165) is 6.42 Å². The molecule has 0 aromatic rings. The molecule has 11 heavy (non-hydrogen) atoms. The van der Waals surface area contributed by atoms with Gasteiger partial charge >= 0.3 is 0 Å². The van der Waals surface area contributed by atoms with Crippen LogP contribution in [0.1, 0.15) is 13.3 Å². The molecular formula is C7H14O3S. The van der Waals surface area contributed by atoms with Crippen LogP contribution in [-0.2, 0) is 20.3 Å². The fourth-order valence-electron chi connectivity index (χ4n) is 1.00. The molecule has 1 rings (SSSR count). The van der Waals surface area contributed by atoms with Crippen molar-refractivity contribution >= 4 is 10.8 Å². The van der Waals surface area contributed by atoms with Gasteiger partial charge in [-0.3, -0.25) is 4.21 Å². The third kappa shape index (κ3) is 3.31. The van der Waals surface area contributed by atoms with Crippen LogP contribution in [0.15, 0.2) is 0 Å². The average molecular weight is 178 g/mol. The summed E-state index contributed by atoms with van der Waals surface area (Å²) in [5.74, 6) is 1.37. The minimum Gasteiger partial charge on any atom is -0.353 e. The van der Waals surface area contributed by atoms with E-state index in [0.29, 0.717) is 24.7 Å². The summed E-state index contributed by atoms with van der Waals surface area (Å²) in [7, 11) is -0.687. The predicted molar refractivity (Wildman–Crippen MR) is 43.9 cm³/mol. The summed E-state index contributed by atoms with van der Waals surface area (Å²) < 4.78 is 21.6. The van der Waals surface area contributed by atoms with Gasteiger partial charge in [-0.05, 0) is 6.92 Å². The maximum absolute atomic E-state index is 11.0. The third-order valence-electron chi connectivity index (χ3n) is 1.55. The van der Waals surface area contributed by atoms with Gasteiger partial charge in [0.15, 0.2) is 6.29 Å². The van der Waals surface area contributed by atoms with Gasteiger partial charge in [-0.2, -0.15) is 0 Å². The van der Waals surface area contributed by atoms with Crippen LogP contribution < -0.4 is 0 Å². The number of hydrogen-bond acceptors (Lipinski definition) is 3. The first-order valence-electron chi connectivity index (χ1n) is 3.91. The van der Waals surface area contributed by atoms with E-state index in [1.165, 1.54) is 0 Å². The standard InChI is InChI=1S/C7H14O3S/c1-2-9-7-3-5-11(8)6-4-10-7/h7H,2-6H2,1H3/t7-,11?/m0/s1. The van der Waals surface area contributed by atoms with Crippen molar-refractivity contribution < 1.29 is 13.7 Å². The Hall–Kier alpha value is 0.0700. The molecule has 1 fully saturated rings. The summed E-state index contributed by atoms with van der Waals surface area (Å²) >= 11 is 0. The van der Waals surface area contributed by atoms with Crippen molar-refractivity contribution in [2.45, 2.75) is 19.6 Å². The summed E-state index contributed by atoms with van der Waals surface area (Å²) in [4.78, 5) is 0. The molecule has 66 valence electrons. The van der Waals surface area contributed by atoms with Crippen LogP contribution in [0.5, 0.6) is 0 Å². The zero-order valence-electron chi connectivity index (χ0n) is 6.75. The molecule has 0 radical (unpaired) electrons. The van der Waals surface area contributed by atoms with Crippen LogP contribution >= 0.6 is 0 Å². The molecule has 1 unspecified atom stereocenters. The van der Waals surface area contributed by atoms with Gasteiger partial charge in [-0.25, -0.2) is 0 Å². The molecule has 0 saturated carbocycles. The topological polar surface area (TPSA) is 35.5 Å². The molecular weight excluding hydrogens is 164 g/mol. The lowest BCUT2D eigenvalue weighted by Crippen LogP contribution is -2.16. The fourth-order valence-corrected chi connectivity index (χ4v) is 1.94. The first kappa shape index (κ1) is 9.16. The molecule has 0 aromatic heterocycles. The molecule has 0 aliphatic carbocycles. The smallest absolute Gasteiger partial charge is 0.158 e. The van der Waals surface area contributed by atoms with Gasteiger partial charge in [0.1, 0.15) is 0 Å². The van der Waals surface area contributed by atoms with E-state index in [1.807, 2.05) is 6.92 Å². The second-order valence-electron chi connectivity index (χ2n) is 2.39. The molecule has 0 aromatic carbocycles. The highest BCUT2D eigenvalue weighted by molar-refractivity contribution is 7.85. The first-order chi connectivity index (χ1) is 5.33. The van der Waals surface area contributed by atoms with Gasteiger partial charge in [0.25, 0.3) is 0 Å². The molecule has 0 spiro atoms. The van der Waals surface area contributed by atoms with Gasteiger partial charge in [-0.15, -0.1) is 0 Å². The van der Waals surface area contributed by atoms with Crippen molar-refractivity contribution in [3.63, 3.8) is 0 Å². The number of hydrogen-bond donors (Lipinski definition) is 0. The molecule has 2 atom stereocenters. The summed E-state index contributed by atoms with van der Waals surface area (Å²) in [5, 5.41) is 0. The molecule has 1 aliphatic heterocycles. The molecule has 0 amide bonds. The summed E-state index contributed by atoms with van der Waals surface area (Å²) in [6, 6.07) is 0. The van der Waals surface area contributed by atoms with Crippen LogP contribution in [0.4, 0.5) is 0 Å². The van der Waals surface area contributed by atoms with Gasteiger partial charge < -0.3 is 9.47 Å². The van der Waals surface area contributed by atoms with Crippen LogP contribution in [0, 0.1) is 0 Å². The van der Waals surface area contributed by atoms with E-state index in [1.54, 1.807) is 0 Å². The van der Waals surface area contributed by atoms with Gasteiger partial charge in [0, 0.05) is 35.3 Å². The fraction of sp³-hybridized carbons (Fsp3) is 1.00. The highest BCUT2D eigenvalue weighted by Crippen LogP contribution is 2.06. The summed E-state index contributed by atoms with van der Waals surface area (Å²) in [6.07, 6.45) is 0.645. The molecule has 3 nitrogen and oxygen atoms in total. The van der Waals surface area contributed by atoms with Crippen molar-refractivity contribution in [1.82, 2.24) is 0 Å². The average Bonchev–Trinajstić information content (AvgIpc) is 2.17. The number of rotatable bonds is 2. The first-order valence-corrected chi connectivity index (χ1v) is 5.40. The molecule has 1 heterocycles. The highest BCUT2D eigenvalue weighted by Gasteiger charge is 2.15. The molecule has 0 bridgehead atoms. The van der Waals surface area contributed by atoms with E-state index in [9.17, 15) is 4.21 Å². The van der Waals surface area contributed by atoms with Gasteiger partial charge in [0.2, 0.25) is 0 Å². The van der Waals surface area contributed by atoms with Crippen LogP contribution in [0.2, 0.25) is 0 Å². The maximum Gasteiger partial charge on any atom is 0.158 e. The maximum atomic E-state index is 11.0. The van der Waals surface area contributed by atoms with E-state index >= 15 is 0 Å². The van der Waals surface area contributed by atoms with E-state index in [2.05, 4.69) is 0 Å². The van der Waals surface area contributed by atoms with Crippen molar-refractivity contribution in [3.05, 3.63) is 0 Å². The summed E-state index contributed by atoms with van der Waals surface area (Å²) in [5.41, 5.74) is 0. The van der Waals surface area contributed by atoms with Crippen LogP contribution in [0.3, 0.4) is 0 Å². The second-order valence-corrected chi connectivity index (χ2v) is 4.09. The predicted octanol–water partition coefficient (Wildman–Crippen LogP) is 0.518. The monoisotopic (exact) mass is 178 g/mol. The minimum absolute atomic E-state index is 0.119. The summed E-state index contributed by atoms with van der Waals surface area (Å²) in [6.45, 7) is 3.17. The Bertz CT molecular complexity index is 138. The molecule has 1 saturated heterocycles. The Balaban J connectivity index is 2.28. The molecule has 4 heteroatoms. The Labute approximate surface area is 69.5 Å². The quantitative estimate of drug-likeness (QED) is 0.618. The largest absolute Gasteiger partial charge is 0.353 e. The van der Waals surface area contributed by atoms with Crippen molar-refractivity contribution in [1.29, 1.82) is 0 Å². The Kier molecular flexibility index (Phi) is 4.04. The van der Waals surface area contributed by atoms with E-state index < -0.39 is 10.8 Å². The van der Waals surface area contributed by atoms with Crippen molar-refractivity contribution in [2.24, 2.45) is 0 Å². The van der Waals surface area contributed by atoms with E-state index in [-0.39, 0.29) is 6.29 Å². The van der Waals surface area contributed by atoms with Crippen LogP contribution in [0.25, 0.3) is 0 Å². The Morgan fingerprint density at radius 3 is 3.18 bits per heavy atom. The SMILES string of the molecule is CCO[C@@H]1CCS(=O)CCO1. The number of ether oxygens (including phenoxy) is 2. The Morgan fingerprint density at radius 2 is 2.45 bits per heavy atom. The second kappa shape index (κ2) is 4.85. The zero-order valence-corrected chi connectivity index (χ0v) is 7.56. The molecule has 1 aliphatic rings. The Morgan fingerprint density at radius 1 is 1.64 bits per heavy atom. The van der Waals surface area contributed by atoms with Crippen molar-refractivity contribution in [2.75, 3.05) is 24.7 Å². The van der Waals surface area contributed by atoms with E-state index in [4.69, 9.17) is 9.47 Å². The molecule has 0 N–H and O–H groups in total. The lowest BCUT2D eigenvalue weighted by molar-refractivity contribution is -0.133. The van der Waals surface area contributed by atoms with Gasteiger partial charge in [0.05, 0.1) is 6.61 Å².